The number of benzene rings is 2. The zero-order valence-electron chi connectivity index (χ0n) is 15.1. The summed E-state index contributed by atoms with van der Waals surface area (Å²) in [6.07, 6.45) is 0.793. The van der Waals surface area contributed by atoms with Crippen LogP contribution in [0.2, 0.25) is 0 Å². The molecule has 0 aromatic heterocycles. The number of nitrogens with zero attached hydrogens (tertiary/aromatic N) is 1. The second-order valence-corrected chi connectivity index (χ2v) is 6.67. The summed E-state index contributed by atoms with van der Waals surface area (Å²) in [5.74, 6) is -3.30. The molecule has 0 bridgehead atoms. The van der Waals surface area contributed by atoms with Crippen LogP contribution >= 0.6 is 0 Å². The molecule has 0 aliphatic carbocycles. The van der Waals surface area contributed by atoms with Gasteiger partial charge < -0.3 is 15.5 Å². The lowest BCUT2D eigenvalue weighted by Crippen LogP contribution is -2.39. The van der Waals surface area contributed by atoms with Gasteiger partial charge in [0.15, 0.2) is 11.6 Å². The van der Waals surface area contributed by atoms with Gasteiger partial charge in [-0.1, -0.05) is 12.1 Å². The minimum absolute atomic E-state index is 0.117. The van der Waals surface area contributed by atoms with E-state index in [1.54, 1.807) is 0 Å². The topological polar surface area (TPSA) is 61.4 Å². The number of carbonyl (C=O) groups is 2. The van der Waals surface area contributed by atoms with Gasteiger partial charge >= 0.3 is 0 Å². The maximum Gasteiger partial charge on any atom is 0.254 e. The van der Waals surface area contributed by atoms with Crippen molar-refractivity contribution in [3.05, 3.63) is 65.5 Å². The monoisotopic (exact) mass is 391 g/mol. The van der Waals surface area contributed by atoms with Crippen molar-refractivity contribution in [2.45, 2.75) is 6.42 Å². The van der Waals surface area contributed by atoms with Gasteiger partial charge in [-0.3, -0.25) is 9.59 Å². The fourth-order valence-electron chi connectivity index (χ4n) is 3.14. The van der Waals surface area contributed by atoms with Crippen molar-refractivity contribution in [1.29, 1.82) is 0 Å². The molecule has 1 aliphatic heterocycles. The van der Waals surface area contributed by atoms with Crippen molar-refractivity contribution in [3.63, 3.8) is 0 Å². The third-order valence-electron chi connectivity index (χ3n) is 4.67. The molecule has 0 radical (unpaired) electrons. The molecule has 2 amide bonds. The van der Waals surface area contributed by atoms with Crippen LogP contribution in [0.3, 0.4) is 0 Å². The van der Waals surface area contributed by atoms with Crippen molar-refractivity contribution in [2.75, 3.05) is 31.1 Å². The summed E-state index contributed by atoms with van der Waals surface area (Å²) in [5, 5.41) is 5.11. The van der Waals surface area contributed by atoms with Crippen molar-refractivity contribution >= 4 is 17.5 Å². The number of halogens is 3. The van der Waals surface area contributed by atoms with Gasteiger partial charge in [-0.15, -0.1) is 0 Å². The smallest absolute Gasteiger partial charge is 0.254 e. The van der Waals surface area contributed by atoms with E-state index in [2.05, 4.69) is 10.6 Å². The van der Waals surface area contributed by atoms with Crippen molar-refractivity contribution < 1.29 is 22.8 Å². The predicted molar refractivity (Wildman–Crippen MR) is 98.4 cm³/mol. The van der Waals surface area contributed by atoms with Gasteiger partial charge in [0.25, 0.3) is 5.91 Å². The minimum Gasteiger partial charge on any atom is -0.371 e. The number of hydrogen-bond acceptors (Lipinski definition) is 3. The molecule has 2 aromatic rings. The van der Waals surface area contributed by atoms with Gasteiger partial charge in [-0.25, -0.2) is 13.2 Å². The van der Waals surface area contributed by atoms with E-state index < -0.39 is 23.4 Å². The average molecular weight is 391 g/mol. The second kappa shape index (κ2) is 8.77. The number of hydrogen-bond donors (Lipinski definition) is 2. The van der Waals surface area contributed by atoms with Gasteiger partial charge in [0, 0.05) is 31.4 Å². The van der Waals surface area contributed by atoms with E-state index in [0.29, 0.717) is 25.3 Å². The van der Waals surface area contributed by atoms with E-state index in [0.717, 1.165) is 18.6 Å². The minimum atomic E-state index is -0.889. The summed E-state index contributed by atoms with van der Waals surface area (Å²) in [6, 6.07) is 9.31. The normalized spacial score (nSPS) is 16.1. The molecule has 2 aromatic carbocycles. The van der Waals surface area contributed by atoms with Gasteiger partial charge in [-0.2, -0.15) is 0 Å². The first kappa shape index (κ1) is 19.7. The fraction of sp³-hybridized carbons (Fsp3) is 0.300. The lowest BCUT2D eigenvalue weighted by Gasteiger charge is -2.19. The molecule has 1 fully saturated rings. The zero-order chi connectivity index (χ0) is 20.1. The van der Waals surface area contributed by atoms with E-state index in [-0.39, 0.29) is 23.9 Å². The van der Waals surface area contributed by atoms with Crippen LogP contribution in [0.5, 0.6) is 0 Å². The Kier molecular flexibility index (Phi) is 6.18. The molecule has 1 atom stereocenters. The second-order valence-electron chi connectivity index (χ2n) is 6.67. The lowest BCUT2D eigenvalue weighted by molar-refractivity contribution is -0.120. The largest absolute Gasteiger partial charge is 0.371 e. The summed E-state index contributed by atoms with van der Waals surface area (Å²) in [6.45, 7) is 1.42. The predicted octanol–water partition coefficient (Wildman–Crippen LogP) is 2.48. The van der Waals surface area contributed by atoms with Crippen LogP contribution in [0.25, 0.3) is 0 Å². The Morgan fingerprint density at radius 1 is 1.00 bits per heavy atom. The van der Waals surface area contributed by atoms with Gasteiger partial charge in [0.05, 0.1) is 12.1 Å². The first-order chi connectivity index (χ1) is 13.4. The highest BCUT2D eigenvalue weighted by molar-refractivity contribution is 5.96. The van der Waals surface area contributed by atoms with Crippen LogP contribution in [-0.4, -0.2) is 38.0 Å². The van der Waals surface area contributed by atoms with Crippen LogP contribution in [0.1, 0.15) is 16.8 Å². The lowest BCUT2D eigenvalue weighted by atomic mass is 10.1. The van der Waals surface area contributed by atoms with E-state index in [9.17, 15) is 22.8 Å². The first-order valence-electron chi connectivity index (χ1n) is 8.93. The maximum absolute atomic E-state index is 13.5. The molecule has 148 valence electrons. The number of nitrogens with one attached hydrogen (secondary N) is 2. The molecule has 1 aliphatic rings. The van der Waals surface area contributed by atoms with Crippen molar-refractivity contribution in [2.24, 2.45) is 5.92 Å². The Bertz CT molecular complexity index is 876. The van der Waals surface area contributed by atoms with Crippen LogP contribution in [0.4, 0.5) is 18.9 Å². The first-order valence-corrected chi connectivity index (χ1v) is 8.93. The molecule has 5 nitrogen and oxygen atoms in total. The van der Waals surface area contributed by atoms with Crippen LogP contribution in [0, 0.1) is 23.4 Å². The number of carbonyl (C=O) groups excluding carboxylic acids is 2. The third-order valence-corrected chi connectivity index (χ3v) is 4.67. The molecule has 0 spiro atoms. The molecule has 1 unspecified atom stereocenters. The quantitative estimate of drug-likeness (QED) is 0.795. The number of amides is 2. The highest BCUT2D eigenvalue weighted by atomic mass is 19.2. The standard InChI is InChI=1S/C20H20F3N3O2/c21-16-4-2-1-3-15(16)20(28)25-11-19(27)24-10-13-7-8-26(12-13)14-5-6-17(22)18(23)9-14/h1-6,9,13H,7-8,10-12H2,(H,24,27)(H,25,28). The van der Waals surface area contributed by atoms with E-state index in [1.165, 1.54) is 30.3 Å². The Balaban J connectivity index is 1.42. The van der Waals surface area contributed by atoms with E-state index in [4.69, 9.17) is 0 Å². The Morgan fingerprint density at radius 2 is 1.79 bits per heavy atom. The van der Waals surface area contributed by atoms with E-state index >= 15 is 0 Å². The summed E-state index contributed by atoms with van der Waals surface area (Å²) < 4.78 is 39.9. The number of anilines is 1. The molecule has 2 N–H and O–H groups in total. The Morgan fingerprint density at radius 3 is 2.54 bits per heavy atom. The molecule has 0 saturated carbocycles. The summed E-state index contributed by atoms with van der Waals surface area (Å²) >= 11 is 0. The highest BCUT2D eigenvalue weighted by Crippen LogP contribution is 2.24. The van der Waals surface area contributed by atoms with Gasteiger partial charge in [-0.05, 0) is 36.6 Å². The Hall–Kier alpha value is -3.03. The van der Waals surface area contributed by atoms with Crippen LogP contribution in [0.15, 0.2) is 42.5 Å². The fourth-order valence-corrected chi connectivity index (χ4v) is 3.14. The molecular weight excluding hydrogens is 371 g/mol. The molecule has 1 saturated heterocycles. The van der Waals surface area contributed by atoms with Gasteiger partial charge in [0.2, 0.25) is 5.91 Å². The molecule has 28 heavy (non-hydrogen) atoms. The molecule has 3 rings (SSSR count). The number of rotatable bonds is 6. The van der Waals surface area contributed by atoms with Gasteiger partial charge in [0.1, 0.15) is 5.82 Å². The highest BCUT2D eigenvalue weighted by Gasteiger charge is 2.24. The van der Waals surface area contributed by atoms with Crippen LogP contribution in [-0.2, 0) is 4.79 Å². The van der Waals surface area contributed by atoms with Crippen molar-refractivity contribution in [3.8, 4) is 0 Å². The average Bonchev–Trinajstić information content (AvgIpc) is 3.16. The van der Waals surface area contributed by atoms with E-state index in [1.807, 2.05) is 4.90 Å². The molecule has 1 heterocycles. The summed E-state index contributed by atoms with van der Waals surface area (Å²) in [5.41, 5.74) is 0.484. The van der Waals surface area contributed by atoms with Crippen molar-refractivity contribution in [1.82, 2.24) is 10.6 Å². The maximum atomic E-state index is 13.5. The summed E-state index contributed by atoms with van der Waals surface area (Å²) in [7, 11) is 0. The molecular formula is C20H20F3N3O2. The van der Waals surface area contributed by atoms with Crippen LogP contribution < -0.4 is 15.5 Å². The SMILES string of the molecule is O=C(CNC(=O)c1ccccc1F)NCC1CCN(c2ccc(F)c(F)c2)C1. The summed E-state index contributed by atoms with van der Waals surface area (Å²) in [4.78, 5) is 25.7. The zero-order valence-corrected chi connectivity index (χ0v) is 15.1. The Labute approximate surface area is 160 Å². The molecule has 8 heteroatoms. The third kappa shape index (κ3) is 4.82.